The summed E-state index contributed by atoms with van der Waals surface area (Å²) >= 11 is 0. The molecular formula is C16H21F3N2. The van der Waals surface area contributed by atoms with Crippen LogP contribution in [0.5, 0.6) is 0 Å². The molecule has 1 aliphatic heterocycles. The first-order chi connectivity index (χ1) is 10.0. The van der Waals surface area contributed by atoms with Crippen molar-refractivity contribution < 1.29 is 13.2 Å². The molecule has 0 unspecified atom stereocenters. The van der Waals surface area contributed by atoms with Gasteiger partial charge in [-0.3, -0.25) is 4.90 Å². The Bertz CT molecular complexity index is 477. The van der Waals surface area contributed by atoms with Crippen molar-refractivity contribution in [3.63, 3.8) is 0 Å². The van der Waals surface area contributed by atoms with Crippen LogP contribution >= 0.6 is 0 Å². The van der Waals surface area contributed by atoms with Gasteiger partial charge in [0.15, 0.2) is 0 Å². The van der Waals surface area contributed by atoms with Crippen LogP contribution in [0.25, 0.3) is 0 Å². The van der Waals surface area contributed by atoms with Crippen LogP contribution in [0.1, 0.15) is 30.4 Å². The van der Waals surface area contributed by atoms with Crippen LogP contribution in [0.4, 0.5) is 13.2 Å². The summed E-state index contributed by atoms with van der Waals surface area (Å²) in [5, 5.41) is 3.31. The van der Waals surface area contributed by atoms with Gasteiger partial charge in [0.05, 0.1) is 5.56 Å². The third kappa shape index (κ3) is 3.77. The summed E-state index contributed by atoms with van der Waals surface area (Å²) < 4.78 is 39.4. The van der Waals surface area contributed by atoms with Crippen molar-refractivity contribution in [2.75, 3.05) is 19.6 Å². The van der Waals surface area contributed by atoms with Crippen LogP contribution in [0, 0.1) is 5.92 Å². The van der Waals surface area contributed by atoms with Gasteiger partial charge >= 0.3 is 6.18 Å². The normalized spacial score (nSPS) is 23.0. The lowest BCUT2D eigenvalue weighted by Crippen LogP contribution is -2.38. The smallest absolute Gasteiger partial charge is 0.315 e. The molecule has 1 aliphatic carbocycles. The maximum absolute atomic E-state index is 13.1. The first-order valence-electron chi connectivity index (χ1n) is 7.64. The molecule has 21 heavy (non-hydrogen) atoms. The van der Waals surface area contributed by atoms with Gasteiger partial charge < -0.3 is 5.32 Å². The quantitative estimate of drug-likeness (QED) is 0.897. The fraction of sp³-hybridized carbons (Fsp3) is 0.625. The fourth-order valence-corrected chi connectivity index (χ4v) is 3.08. The minimum atomic E-state index is -4.27. The van der Waals surface area contributed by atoms with Crippen molar-refractivity contribution in [2.24, 2.45) is 5.92 Å². The third-order valence-electron chi connectivity index (χ3n) is 4.44. The van der Waals surface area contributed by atoms with E-state index in [1.54, 1.807) is 12.1 Å². The molecule has 0 amide bonds. The van der Waals surface area contributed by atoms with Crippen molar-refractivity contribution in [1.29, 1.82) is 0 Å². The van der Waals surface area contributed by atoms with Gasteiger partial charge in [0.25, 0.3) is 0 Å². The fourth-order valence-electron chi connectivity index (χ4n) is 3.08. The summed E-state index contributed by atoms with van der Waals surface area (Å²) in [6.45, 7) is 3.19. The summed E-state index contributed by atoms with van der Waals surface area (Å²) in [4.78, 5) is 2.25. The minimum Gasteiger partial charge on any atom is -0.315 e. The molecule has 3 rings (SSSR count). The lowest BCUT2D eigenvalue weighted by molar-refractivity contribution is -0.138. The highest BCUT2D eigenvalue weighted by Crippen LogP contribution is 2.35. The molecule has 0 aromatic heterocycles. The van der Waals surface area contributed by atoms with Gasteiger partial charge in [0.2, 0.25) is 0 Å². The Morgan fingerprint density at radius 3 is 2.52 bits per heavy atom. The Labute approximate surface area is 123 Å². The molecule has 1 N–H and O–H groups in total. The highest BCUT2D eigenvalue weighted by molar-refractivity contribution is 5.29. The minimum absolute atomic E-state index is 0.367. The van der Waals surface area contributed by atoms with Crippen LogP contribution in [-0.2, 0) is 12.7 Å². The summed E-state index contributed by atoms with van der Waals surface area (Å²) in [7, 11) is 0. The first-order valence-corrected chi connectivity index (χ1v) is 7.64. The van der Waals surface area contributed by atoms with Crippen molar-refractivity contribution in [2.45, 2.75) is 38.0 Å². The Morgan fingerprint density at radius 2 is 1.90 bits per heavy atom. The number of hydrogen-bond acceptors (Lipinski definition) is 2. The third-order valence-corrected chi connectivity index (χ3v) is 4.44. The number of alkyl halides is 3. The molecule has 116 valence electrons. The molecule has 2 fully saturated rings. The molecule has 5 heteroatoms. The lowest BCUT2D eigenvalue weighted by atomic mass is 10.0. The summed E-state index contributed by atoms with van der Waals surface area (Å²) in [5.74, 6) is 0.684. The monoisotopic (exact) mass is 298 g/mol. The number of benzene rings is 1. The lowest BCUT2D eigenvalue weighted by Gasteiger charge is -2.29. The van der Waals surface area contributed by atoms with E-state index in [4.69, 9.17) is 0 Å². The number of nitrogens with one attached hydrogen (secondary N) is 1. The van der Waals surface area contributed by atoms with E-state index in [2.05, 4.69) is 10.2 Å². The number of hydrogen-bond donors (Lipinski definition) is 1. The first kappa shape index (κ1) is 14.9. The van der Waals surface area contributed by atoms with E-state index in [1.165, 1.54) is 25.0 Å². The van der Waals surface area contributed by atoms with Crippen molar-refractivity contribution in [3.05, 3.63) is 35.4 Å². The van der Waals surface area contributed by atoms with E-state index in [1.807, 2.05) is 0 Å². The van der Waals surface area contributed by atoms with E-state index < -0.39 is 11.7 Å². The Hall–Kier alpha value is -1.07. The van der Waals surface area contributed by atoms with Crippen molar-refractivity contribution in [1.82, 2.24) is 10.2 Å². The van der Waals surface area contributed by atoms with Crippen molar-refractivity contribution in [3.8, 4) is 0 Å². The van der Waals surface area contributed by atoms with Gasteiger partial charge in [-0.2, -0.15) is 13.2 Å². The standard InChI is InChI=1S/C16H21F3N2/c17-16(18,19)15-4-2-1-3-13(15)11-21(10-12-5-6-12)14-7-8-20-9-14/h1-4,12,14,20H,5-11H2/t14-/m0/s1. The van der Waals surface area contributed by atoms with Crippen molar-refractivity contribution >= 4 is 0 Å². The Balaban J connectivity index is 1.78. The number of halogens is 3. The topological polar surface area (TPSA) is 15.3 Å². The summed E-state index contributed by atoms with van der Waals surface area (Å²) in [6.07, 6.45) is -0.800. The molecule has 1 saturated heterocycles. The molecular weight excluding hydrogens is 277 g/mol. The molecule has 1 saturated carbocycles. The maximum Gasteiger partial charge on any atom is 0.416 e. The largest absolute Gasteiger partial charge is 0.416 e. The van der Waals surface area contributed by atoms with Gasteiger partial charge in [-0.1, -0.05) is 18.2 Å². The van der Waals surface area contributed by atoms with Gasteiger partial charge in [-0.25, -0.2) is 0 Å². The highest BCUT2D eigenvalue weighted by Gasteiger charge is 2.35. The Morgan fingerprint density at radius 1 is 1.14 bits per heavy atom. The average molecular weight is 298 g/mol. The predicted octanol–water partition coefficient (Wildman–Crippen LogP) is 3.28. The predicted molar refractivity (Wildman–Crippen MR) is 75.9 cm³/mol. The van der Waals surface area contributed by atoms with Gasteiger partial charge in [0.1, 0.15) is 0 Å². The van der Waals surface area contributed by atoms with Gasteiger partial charge in [-0.05, 0) is 43.4 Å². The summed E-state index contributed by atoms with van der Waals surface area (Å²) in [5.41, 5.74) is -0.0886. The van der Waals surface area contributed by atoms with E-state index in [9.17, 15) is 13.2 Å². The van der Waals surface area contributed by atoms with Crippen LogP contribution in [0.15, 0.2) is 24.3 Å². The second-order valence-corrected chi connectivity index (χ2v) is 6.17. The zero-order valence-electron chi connectivity index (χ0n) is 12.0. The molecule has 2 aliphatic rings. The van der Waals surface area contributed by atoms with E-state index in [0.717, 1.165) is 26.1 Å². The van der Waals surface area contributed by atoms with E-state index in [-0.39, 0.29) is 0 Å². The van der Waals surface area contributed by atoms with Gasteiger partial charge in [-0.15, -0.1) is 0 Å². The molecule has 2 nitrogen and oxygen atoms in total. The molecule has 1 heterocycles. The second-order valence-electron chi connectivity index (χ2n) is 6.17. The maximum atomic E-state index is 13.1. The molecule has 1 aromatic carbocycles. The van der Waals surface area contributed by atoms with Gasteiger partial charge in [0, 0.05) is 25.7 Å². The van der Waals surface area contributed by atoms with Crippen LogP contribution < -0.4 is 5.32 Å². The van der Waals surface area contributed by atoms with E-state index in [0.29, 0.717) is 24.1 Å². The zero-order valence-corrected chi connectivity index (χ0v) is 12.0. The molecule has 1 atom stereocenters. The van der Waals surface area contributed by atoms with Crippen LogP contribution in [0.3, 0.4) is 0 Å². The molecule has 0 radical (unpaired) electrons. The second kappa shape index (κ2) is 5.97. The number of nitrogens with zero attached hydrogens (tertiary/aromatic N) is 1. The SMILES string of the molecule is FC(F)(F)c1ccccc1CN(CC1CC1)[C@H]1CCNC1. The summed E-state index contributed by atoms with van der Waals surface area (Å²) in [6, 6.07) is 6.34. The number of rotatable bonds is 5. The van der Waals surface area contributed by atoms with Crippen LogP contribution in [-0.4, -0.2) is 30.6 Å². The van der Waals surface area contributed by atoms with E-state index >= 15 is 0 Å². The van der Waals surface area contributed by atoms with Crippen LogP contribution in [0.2, 0.25) is 0 Å². The highest BCUT2D eigenvalue weighted by atomic mass is 19.4. The Kier molecular flexibility index (Phi) is 4.22. The molecule has 1 aromatic rings. The molecule has 0 bridgehead atoms. The zero-order chi connectivity index (χ0) is 14.9. The molecule has 0 spiro atoms. The average Bonchev–Trinajstić information content (AvgIpc) is 3.08.